The molecule has 0 spiro atoms. The van der Waals surface area contributed by atoms with Gasteiger partial charge in [0.25, 0.3) is 0 Å². The van der Waals surface area contributed by atoms with Crippen LogP contribution in [0.5, 0.6) is 0 Å². The van der Waals surface area contributed by atoms with Gasteiger partial charge >= 0.3 is 0 Å². The van der Waals surface area contributed by atoms with Crippen LogP contribution in [0.15, 0.2) is 29.8 Å². The molecule has 1 amide bonds. The Hall–Kier alpha value is -1.59. The number of primary amides is 1. The molecule has 4 nitrogen and oxygen atoms in total. The lowest BCUT2D eigenvalue weighted by Gasteiger charge is -2.07. The Kier molecular flexibility index (Phi) is 3.61. The summed E-state index contributed by atoms with van der Waals surface area (Å²) >= 11 is 7.56. The van der Waals surface area contributed by atoms with Gasteiger partial charge in [0.1, 0.15) is 5.01 Å². The predicted octanol–water partition coefficient (Wildman–Crippen LogP) is 2.51. The van der Waals surface area contributed by atoms with Gasteiger partial charge in [-0.05, 0) is 18.2 Å². The fourth-order valence-corrected chi connectivity index (χ4v) is 2.07. The molecule has 0 aliphatic heterocycles. The third kappa shape index (κ3) is 2.95. The van der Waals surface area contributed by atoms with Crippen molar-refractivity contribution < 1.29 is 4.79 Å². The van der Waals surface area contributed by atoms with Crippen LogP contribution in [0.25, 0.3) is 0 Å². The Morgan fingerprint density at radius 1 is 1.53 bits per heavy atom. The van der Waals surface area contributed by atoms with Gasteiger partial charge in [-0.25, -0.2) is 4.98 Å². The molecule has 0 saturated carbocycles. The van der Waals surface area contributed by atoms with Crippen molar-refractivity contribution in [2.75, 3.05) is 5.32 Å². The number of nitrogens with zero attached hydrogens (tertiary/aromatic N) is 1. The van der Waals surface area contributed by atoms with Crippen LogP contribution < -0.4 is 11.1 Å². The predicted molar refractivity (Wildman–Crippen MR) is 69.4 cm³/mol. The van der Waals surface area contributed by atoms with Crippen LogP contribution in [-0.2, 0) is 6.54 Å². The van der Waals surface area contributed by atoms with Crippen LogP contribution >= 0.6 is 22.9 Å². The van der Waals surface area contributed by atoms with Crippen molar-refractivity contribution in [3.05, 3.63) is 45.4 Å². The first-order chi connectivity index (χ1) is 8.16. The average Bonchev–Trinajstić information content (AvgIpc) is 2.80. The highest BCUT2D eigenvalue weighted by Gasteiger charge is 2.06. The number of benzene rings is 1. The van der Waals surface area contributed by atoms with Crippen molar-refractivity contribution in [3.8, 4) is 0 Å². The van der Waals surface area contributed by atoms with E-state index in [4.69, 9.17) is 17.3 Å². The minimum atomic E-state index is -0.473. The zero-order valence-corrected chi connectivity index (χ0v) is 10.4. The lowest BCUT2D eigenvalue weighted by Crippen LogP contribution is -2.11. The van der Waals surface area contributed by atoms with E-state index in [0.717, 1.165) is 5.01 Å². The van der Waals surface area contributed by atoms with Gasteiger partial charge in [0.05, 0.1) is 17.3 Å². The van der Waals surface area contributed by atoms with E-state index in [1.54, 1.807) is 35.7 Å². The smallest absolute Gasteiger partial charge is 0.248 e. The maximum atomic E-state index is 11.0. The normalized spacial score (nSPS) is 10.2. The molecule has 0 aliphatic rings. The van der Waals surface area contributed by atoms with Gasteiger partial charge in [-0.3, -0.25) is 4.79 Å². The molecular weight excluding hydrogens is 258 g/mol. The molecule has 3 N–H and O–H groups in total. The van der Waals surface area contributed by atoms with E-state index in [1.165, 1.54) is 0 Å². The highest BCUT2D eigenvalue weighted by molar-refractivity contribution is 7.09. The first-order valence-electron chi connectivity index (χ1n) is 4.88. The molecule has 0 bridgehead atoms. The average molecular weight is 268 g/mol. The van der Waals surface area contributed by atoms with Gasteiger partial charge in [-0.1, -0.05) is 11.6 Å². The fraction of sp³-hybridized carbons (Fsp3) is 0.0909. The van der Waals surface area contributed by atoms with Gasteiger partial charge in [-0.2, -0.15) is 0 Å². The van der Waals surface area contributed by atoms with E-state index in [1.807, 2.05) is 5.38 Å². The van der Waals surface area contributed by atoms with Gasteiger partial charge in [0.2, 0.25) is 5.91 Å². The number of thiazole rings is 1. The van der Waals surface area contributed by atoms with Crippen LogP contribution in [0.2, 0.25) is 5.02 Å². The molecule has 1 aromatic heterocycles. The first-order valence-corrected chi connectivity index (χ1v) is 6.14. The highest BCUT2D eigenvalue weighted by atomic mass is 35.5. The number of rotatable bonds is 4. The number of carbonyl (C=O) groups excluding carboxylic acids is 1. The van der Waals surface area contributed by atoms with Crippen molar-refractivity contribution in [3.63, 3.8) is 0 Å². The summed E-state index contributed by atoms with van der Waals surface area (Å²) in [5, 5.41) is 6.52. The van der Waals surface area contributed by atoms with Crippen LogP contribution in [0.1, 0.15) is 15.4 Å². The minimum Gasteiger partial charge on any atom is -0.377 e. The molecule has 0 saturated heterocycles. The number of halogens is 1. The molecule has 6 heteroatoms. The van der Waals surface area contributed by atoms with E-state index >= 15 is 0 Å². The van der Waals surface area contributed by atoms with Crippen molar-refractivity contribution in [2.24, 2.45) is 5.73 Å². The van der Waals surface area contributed by atoms with E-state index in [-0.39, 0.29) is 0 Å². The summed E-state index contributed by atoms with van der Waals surface area (Å²) in [6.45, 7) is 0.569. The van der Waals surface area contributed by atoms with Crippen molar-refractivity contribution >= 4 is 34.5 Å². The van der Waals surface area contributed by atoms with E-state index < -0.39 is 5.91 Å². The van der Waals surface area contributed by atoms with Gasteiger partial charge in [0, 0.05) is 17.1 Å². The zero-order valence-electron chi connectivity index (χ0n) is 8.81. The summed E-state index contributed by atoms with van der Waals surface area (Å²) in [4.78, 5) is 15.2. The summed E-state index contributed by atoms with van der Waals surface area (Å²) < 4.78 is 0. The second kappa shape index (κ2) is 5.16. The molecule has 17 heavy (non-hydrogen) atoms. The molecule has 88 valence electrons. The fourth-order valence-electron chi connectivity index (χ4n) is 1.33. The standard InChI is InChI=1S/C11H10ClN3OS/c12-8-2-1-7(11(13)16)5-9(8)15-6-10-14-3-4-17-10/h1-5,15H,6H2,(H2,13,16). The molecule has 1 heterocycles. The lowest BCUT2D eigenvalue weighted by atomic mass is 10.2. The molecule has 2 aromatic rings. The van der Waals surface area contributed by atoms with Crippen molar-refractivity contribution in [1.29, 1.82) is 0 Å². The minimum absolute atomic E-state index is 0.427. The Labute approximate surface area is 107 Å². The maximum absolute atomic E-state index is 11.0. The third-order valence-electron chi connectivity index (χ3n) is 2.16. The van der Waals surface area contributed by atoms with Crippen LogP contribution in [0.3, 0.4) is 0 Å². The Balaban J connectivity index is 2.14. The second-order valence-electron chi connectivity index (χ2n) is 3.34. The third-order valence-corrected chi connectivity index (χ3v) is 3.27. The summed E-state index contributed by atoms with van der Waals surface area (Å²) in [7, 11) is 0. The quantitative estimate of drug-likeness (QED) is 0.894. The SMILES string of the molecule is NC(=O)c1ccc(Cl)c(NCc2nccs2)c1. The Morgan fingerprint density at radius 2 is 2.35 bits per heavy atom. The van der Waals surface area contributed by atoms with Crippen molar-refractivity contribution in [2.45, 2.75) is 6.54 Å². The summed E-state index contributed by atoms with van der Waals surface area (Å²) in [6.07, 6.45) is 1.74. The van der Waals surface area contributed by atoms with Gasteiger partial charge in [-0.15, -0.1) is 11.3 Å². The number of carbonyl (C=O) groups is 1. The number of aromatic nitrogens is 1. The van der Waals surface area contributed by atoms with E-state index in [2.05, 4.69) is 10.3 Å². The molecule has 0 unspecified atom stereocenters. The second-order valence-corrected chi connectivity index (χ2v) is 4.72. The molecule has 0 fully saturated rings. The molecule has 2 rings (SSSR count). The summed E-state index contributed by atoms with van der Waals surface area (Å²) in [5.74, 6) is -0.473. The number of hydrogen-bond acceptors (Lipinski definition) is 4. The molecule has 1 aromatic carbocycles. The Morgan fingerprint density at radius 3 is 3.00 bits per heavy atom. The highest BCUT2D eigenvalue weighted by Crippen LogP contribution is 2.23. The monoisotopic (exact) mass is 267 g/mol. The number of nitrogens with one attached hydrogen (secondary N) is 1. The number of anilines is 1. The van der Waals surface area contributed by atoms with Gasteiger partial charge < -0.3 is 11.1 Å². The van der Waals surface area contributed by atoms with Crippen LogP contribution in [0.4, 0.5) is 5.69 Å². The number of nitrogens with two attached hydrogens (primary N) is 1. The molecule has 0 atom stereocenters. The van der Waals surface area contributed by atoms with Crippen LogP contribution in [0, 0.1) is 0 Å². The first kappa shape index (κ1) is 11.9. The van der Waals surface area contributed by atoms with Gasteiger partial charge in [0.15, 0.2) is 0 Å². The number of amides is 1. The van der Waals surface area contributed by atoms with Crippen molar-refractivity contribution in [1.82, 2.24) is 4.98 Å². The van der Waals surface area contributed by atoms with E-state index in [0.29, 0.717) is 22.8 Å². The number of hydrogen-bond donors (Lipinski definition) is 2. The maximum Gasteiger partial charge on any atom is 0.248 e. The van der Waals surface area contributed by atoms with Crippen LogP contribution in [-0.4, -0.2) is 10.9 Å². The molecule has 0 aliphatic carbocycles. The topological polar surface area (TPSA) is 68.0 Å². The van der Waals surface area contributed by atoms with E-state index in [9.17, 15) is 4.79 Å². The molecule has 0 radical (unpaired) electrons. The Bertz CT molecular complexity index is 528. The lowest BCUT2D eigenvalue weighted by molar-refractivity contribution is 0.100. The molecular formula is C11H10ClN3OS. The largest absolute Gasteiger partial charge is 0.377 e. The summed E-state index contributed by atoms with van der Waals surface area (Å²) in [5.41, 5.74) is 6.31. The summed E-state index contributed by atoms with van der Waals surface area (Å²) in [6, 6.07) is 4.88. The zero-order chi connectivity index (χ0) is 12.3.